The van der Waals surface area contributed by atoms with Crippen molar-refractivity contribution in [1.29, 1.82) is 0 Å². The van der Waals surface area contributed by atoms with Crippen molar-refractivity contribution in [1.82, 2.24) is 51.0 Å². The Morgan fingerprint density at radius 2 is 2.00 bits per heavy atom. The van der Waals surface area contributed by atoms with Gasteiger partial charge in [0.2, 0.25) is 5.82 Å². The van der Waals surface area contributed by atoms with E-state index in [2.05, 4.69) is 46.3 Å². The fourth-order valence-corrected chi connectivity index (χ4v) is 4.05. The molecule has 178 valence electrons. The van der Waals surface area contributed by atoms with Gasteiger partial charge in [-0.1, -0.05) is 12.1 Å². The molecular formula is C23H24N10O2. The molecule has 4 aromatic rings. The van der Waals surface area contributed by atoms with Gasteiger partial charge in [-0.15, -0.1) is 10.2 Å². The molecule has 0 radical (unpaired) electrons. The number of amides is 2. The number of carbonyl (C=O) groups is 2. The maximum Gasteiger partial charge on any atom is 0.270 e. The molecular weight excluding hydrogens is 448 g/mol. The number of nitrogens with zero attached hydrogens (tertiary/aromatic N) is 7. The van der Waals surface area contributed by atoms with Crippen molar-refractivity contribution in [2.24, 2.45) is 0 Å². The van der Waals surface area contributed by atoms with E-state index in [0.717, 1.165) is 35.1 Å². The van der Waals surface area contributed by atoms with Gasteiger partial charge in [-0.05, 0) is 49.1 Å². The third-order valence-corrected chi connectivity index (χ3v) is 5.90. The fraction of sp³-hybridized carbons (Fsp3) is 0.304. The first-order valence-electron chi connectivity index (χ1n) is 11.3. The van der Waals surface area contributed by atoms with E-state index in [1.54, 1.807) is 6.20 Å². The molecule has 12 nitrogen and oxygen atoms in total. The third kappa shape index (κ3) is 4.76. The number of hydrogen-bond acceptors (Lipinski definition) is 8. The van der Waals surface area contributed by atoms with Crippen LogP contribution in [0.4, 0.5) is 0 Å². The normalized spacial score (nSPS) is 14.7. The van der Waals surface area contributed by atoms with Gasteiger partial charge < -0.3 is 10.6 Å². The van der Waals surface area contributed by atoms with Crippen molar-refractivity contribution in [3.05, 3.63) is 71.1 Å². The highest BCUT2D eigenvalue weighted by Crippen LogP contribution is 2.33. The number of hydrogen-bond donors (Lipinski definition) is 3. The second kappa shape index (κ2) is 9.41. The van der Waals surface area contributed by atoms with E-state index in [9.17, 15) is 9.59 Å². The number of nitrogens with one attached hydrogen (secondary N) is 3. The highest BCUT2D eigenvalue weighted by molar-refractivity contribution is 5.97. The van der Waals surface area contributed by atoms with E-state index in [1.165, 1.54) is 12.4 Å². The number of aryl methyl sites for hydroxylation is 1. The highest BCUT2D eigenvalue weighted by atomic mass is 16.2. The molecule has 0 saturated heterocycles. The van der Waals surface area contributed by atoms with Gasteiger partial charge in [0.25, 0.3) is 11.8 Å². The smallest absolute Gasteiger partial charge is 0.270 e. The van der Waals surface area contributed by atoms with Crippen molar-refractivity contribution in [3.8, 4) is 11.4 Å². The van der Waals surface area contributed by atoms with Gasteiger partial charge in [0.15, 0.2) is 0 Å². The second-order valence-corrected chi connectivity index (χ2v) is 8.61. The molecule has 1 aliphatic carbocycles. The van der Waals surface area contributed by atoms with Crippen LogP contribution < -0.4 is 10.6 Å². The molecule has 1 aromatic carbocycles. The van der Waals surface area contributed by atoms with Crippen LogP contribution in [-0.2, 0) is 13.0 Å². The minimum absolute atomic E-state index is 0.123. The summed E-state index contributed by atoms with van der Waals surface area (Å²) in [5, 5.41) is 24.2. The Bertz CT molecular complexity index is 1360. The third-order valence-electron chi connectivity index (χ3n) is 5.90. The molecule has 3 N–H and O–H groups in total. The van der Waals surface area contributed by atoms with Crippen molar-refractivity contribution in [3.63, 3.8) is 0 Å². The predicted octanol–water partition coefficient (Wildman–Crippen LogP) is 1.78. The van der Waals surface area contributed by atoms with E-state index in [0.29, 0.717) is 12.4 Å². The first kappa shape index (κ1) is 22.3. The monoisotopic (exact) mass is 472 g/mol. The van der Waals surface area contributed by atoms with Crippen molar-refractivity contribution < 1.29 is 9.59 Å². The average molecular weight is 473 g/mol. The number of carbonyl (C=O) groups excluding carboxylic acids is 2. The van der Waals surface area contributed by atoms with Crippen LogP contribution in [0.15, 0.2) is 43.0 Å². The summed E-state index contributed by atoms with van der Waals surface area (Å²) in [6, 6.07) is 7.39. The summed E-state index contributed by atoms with van der Waals surface area (Å²) >= 11 is 0. The standard InChI is InChI=1S/C23H24N10O2/c1-13(2)33-11-14(10-27-33)9-24-22(34)19-8-20(26-12-25-19)23(35)28-18-6-4-15-7-16(3-5-17(15)18)21-29-31-32-30-21/h3,5,7-8,10-13,18H,4,6,9H2,1-2H3,(H,24,34)(H,28,35)(H,29,30,31,32)/t18-/m1/s1. The summed E-state index contributed by atoms with van der Waals surface area (Å²) in [5.41, 5.74) is 4.17. The van der Waals surface area contributed by atoms with Gasteiger partial charge in [-0.2, -0.15) is 10.3 Å². The van der Waals surface area contributed by atoms with Crippen LogP contribution in [0.5, 0.6) is 0 Å². The Kier molecular flexibility index (Phi) is 6.00. The van der Waals surface area contributed by atoms with E-state index in [-0.39, 0.29) is 35.3 Å². The van der Waals surface area contributed by atoms with Gasteiger partial charge in [0, 0.05) is 36.0 Å². The largest absolute Gasteiger partial charge is 0.347 e. The van der Waals surface area contributed by atoms with Crippen LogP contribution in [0.2, 0.25) is 0 Å². The van der Waals surface area contributed by atoms with E-state index >= 15 is 0 Å². The van der Waals surface area contributed by atoms with E-state index in [1.807, 2.05) is 42.9 Å². The summed E-state index contributed by atoms with van der Waals surface area (Å²) in [7, 11) is 0. The average Bonchev–Trinajstić information content (AvgIpc) is 3.64. The minimum Gasteiger partial charge on any atom is -0.347 e. The molecule has 1 aliphatic rings. The highest BCUT2D eigenvalue weighted by Gasteiger charge is 2.26. The molecule has 5 rings (SSSR count). The Morgan fingerprint density at radius 1 is 1.17 bits per heavy atom. The molecule has 35 heavy (non-hydrogen) atoms. The SMILES string of the molecule is CC(C)n1cc(CNC(=O)c2cc(C(=O)N[C@@H]3CCc4cc(-c5nn[nH]n5)ccc43)ncn2)cn1. The maximum absolute atomic E-state index is 12.9. The summed E-state index contributed by atoms with van der Waals surface area (Å²) in [6.45, 7) is 4.36. The zero-order chi connectivity index (χ0) is 24.4. The van der Waals surface area contributed by atoms with Gasteiger partial charge in [-0.25, -0.2) is 9.97 Å². The predicted molar refractivity (Wildman–Crippen MR) is 124 cm³/mol. The zero-order valence-corrected chi connectivity index (χ0v) is 19.3. The number of H-pyrrole nitrogens is 1. The number of tetrazole rings is 1. The fourth-order valence-electron chi connectivity index (χ4n) is 4.05. The van der Waals surface area contributed by atoms with Crippen LogP contribution in [-0.4, -0.2) is 52.2 Å². The van der Waals surface area contributed by atoms with Gasteiger partial charge in [0.1, 0.15) is 17.7 Å². The van der Waals surface area contributed by atoms with Crippen LogP contribution in [0.1, 0.15) is 70.0 Å². The quantitative estimate of drug-likeness (QED) is 0.367. The topological polar surface area (TPSA) is 156 Å². The molecule has 3 aromatic heterocycles. The first-order valence-corrected chi connectivity index (χ1v) is 11.3. The minimum atomic E-state index is -0.390. The Balaban J connectivity index is 1.23. The summed E-state index contributed by atoms with van der Waals surface area (Å²) in [4.78, 5) is 33.6. The lowest BCUT2D eigenvalue weighted by molar-refractivity contribution is 0.0931. The van der Waals surface area contributed by atoms with Crippen LogP contribution in [0.25, 0.3) is 11.4 Å². The van der Waals surface area contributed by atoms with Crippen LogP contribution >= 0.6 is 0 Å². The van der Waals surface area contributed by atoms with Gasteiger partial charge >= 0.3 is 0 Å². The molecule has 0 unspecified atom stereocenters. The maximum atomic E-state index is 12.9. The lowest BCUT2D eigenvalue weighted by Gasteiger charge is -2.14. The molecule has 0 spiro atoms. The Labute approximate surface area is 200 Å². The molecule has 2 amide bonds. The lowest BCUT2D eigenvalue weighted by Crippen LogP contribution is -2.29. The van der Waals surface area contributed by atoms with Crippen molar-refractivity contribution >= 4 is 11.8 Å². The molecule has 0 bridgehead atoms. The number of aromatic nitrogens is 8. The molecule has 0 fully saturated rings. The summed E-state index contributed by atoms with van der Waals surface area (Å²) in [6.07, 6.45) is 6.40. The Morgan fingerprint density at radius 3 is 2.74 bits per heavy atom. The second-order valence-electron chi connectivity index (χ2n) is 8.61. The van der Waals surface area contributed by atoms with Crippen LogP contribution in [0.3, 0.4) is 0 Å². The molecule has 1 atom stereocenters. The van der Waals surface area contributed by atoms with E-state index in [4.69, 9.17) is 0 Å². The van der Waals surface area contributed by atoms with E-state index < -0.39 is 0 Å². The molecule has 3 heterocycles. The molecule has 12 heteroatoms. The zero-order valence-electron chi connectivity index (χ0n) is 19.3. The first-order chi connectivity index (χ1) is 17.0. The van der Waals surface area contributed by atoms with Crippen molar-refractivity contribution in [2.75, 3.05) is 0 Å². The Hall–Kier alpha value is -4.48. The number of benzene rings is 1. The van der Waals surface area contributed by atoms with Gasteiger partial charge in [0.05, 0.1) is 12.2 Å². The molecule has 0 aliphatic heterocycles. The summed E-state index contributed by atoms with van der Waals surface area (Å²) in [5.74, 6) is -0.223. The van der Waals surface area contributed by atoms with Gasteiger partial charge in [-0.3, -0.25) is 14.3 Å². The molecule has 0 saturated carbocycles. The number of fused-ring (bicyclic) bond motifs is 1. The number of aromatic amines is 1. The lowest BCUT2D eigenvalue weighted by atomic mass is 10.0. The number of rotatable bonds is 7. The van der Waals surface area contributed by atoms with Crippen molar-refractivity contribution in [2.45, 2.75) is 45.3 Å². The summed E-state index contributed by atoms with van der Waals surface area (Å²) < 4.78 is 1.82. The van der Waals surface area contributed by atoms with Crippen LogP contribution in [0, 0.1) is 0 Å².